The zero-order valence-electron chi connectivity index (χ0n) is 14.5. The van der Waals surface area contributed by atoms with Crippen molar-refractivity contribution in [1.82, 2.24) is 10.2 Å². The lowest BCUT2D eigenvalue weighted by atomic mass is 9.83. The summed E-state index contributed by atoms with van der Waals surface area (Å²) in [4.78, 5) is 2.85. The molecule has 1 saturated carbocycles. The van der Waals surface area contributed by atoms with Crippen molar-refractivity contribution in [2.75, 3.05) is 13.1 Å². The second-order valence-corrected chi connectivity index (χ2v) is 8.21. The normalized spacial score (nSPS) is 32.8. The fourth-order valence-corrected chi connectivity index (χ4v) is 4.36. The van der Waals surface area contributed by atoms with Crippen molar-refractivity contribution in [3.8, 4) is 0 Å². The molecular formula is C20H32N2. The van der Waals surface area contributed by atoms with Crippen LogP contribution in [0.5, 0.6) is 0 Å². The van der Waals surface area contributed by atoms with Gasteiger partial charge in [-0.05, 0) is 44.6 Å². The molecule has 1 aromatic carbocycles. The minimum Gasteiger partial charge on any atom is -0.309 e. The lowest BCUT2D eigenvalue weighted by Gasteiger charge is -2.50. The van der Waals surface area contributed by atoms with Crippen molar-refractivity contribution in [3.63, 3.8) is 0 Å². The van der Waals surface area contributed by atoms with Crippen LogP contribution in [0.1, 0.15) is 52.0 Å². The van der Waals surface area contributed by atoms with E-state index in [1.165, 1.54) is 44.2 Å². The van der Waals surface area contributed by atoms with E-state index >= 15 is 0 Å². The first-order valence-corrected chi connectivity index (χ1v) is 9.08. The molecule has 3 unspecified atom stereocenters. The molecule has 0 aromatic heterocycles. The Kier molecular flexibility index (Phi) is 4.89. The quantitative estimate of drug-likeness (QED) is 0.912. The molecule has 1 aromatic rings. The van der Waals surface area contributed by atoms with Gasteiger partial charge in [0.2, 0.25) is 0 Å². The molecule has 1 aliphatic carbocycles. The van der Waals surface area contributed by atoms with Crippen molar-refractivity contribution < 1.29 is 0 Å². The first-order chi connectivity index (χ1) is 10.5. The Balaban J connectivity index is 1.74. The zero-order valence-corrected chi connectivity index (χ0v) is 14.5. The number of benzene rings is 1. The van der Waals surface area contributed by atoms with Crippen molar-refractivity contribution in [2.24, 2.45) is 5.92 Å². The van der Waals surface area contributed by atoms with E-state index in [0.29, 0.717) is 6.04 Å². The van der Waals surface area contributed by atoms with Crippen LogP contribution in [-0.2, 0) is 6.42 Å². The summed E-state index contributed by atoms with van der Waals surface area (Å²) in [6.45, 7) is 9.44. The molecule has 1 heterocycles. The molecule has 122 valence electrons. The predicted octanol–water partition coefficient (Wildman–Crippen LogP) is 3.86. The van der Waals surface area contributed by atoms with Crippen molar-refractivity contribution in [3.05, 3.63) is 35.9 Å². The molecule has 1 N–H and O–H groups in total. The average Bonchev–Trinajstić information content (AvgIpc) is 2.50. The summed E-state index contributed by atoms with van der Waals surface area (Å²) >= 11 is 0. The number of nitrogens with one attached hydrogen (secondary N) is 1. The Morgan fingerprint density at radius 3 is 2.68 bits per heavy atom. The molecule has 1 saturated heterocycles. The van der Waals surface area contributed by atoms with E-state index in [2.05, 4.69) is 61.3 Å². The number of nitrogens with zero attached hydrogens (tertiary/aromatic N) is 1. The third-order valence-electron chi connectivity index (χ3n) is 5.56. The number of piperazine rings is 1. The van der Waals surface area contributed by atoms with Gasteiger partial charge >= 0.3 is 0 Å². The average molecular weight is 300 g/mol. The first kappa shape index (κ1) is 16.0. The summed E-state index contributed by atoms with van der Waals surface area (Å²) in [6, 6.07) is 12.4. The molecule has 2 fully saturated rings. The molecule has 3 atom stereocenters. The van der Waals surface area contributed by atoms with Crippen LogP contribution in [0.25, 0.3) is 0 Å². The summed E-state index contributed by atoms with van der Waals surface area (Å²) in [5, 5.41) is 3.77. The third-order valence-corrected chi connectivity index (χ3v) is 5.56. The van der Waals surface area contributed by atoms with Gasteiger partial charge in [0.05, 0.1) is 0 Å². The van der Waals surface area contributed by atoms with Gasteiger partial charge in [0.25, 0.3) is 0 Å². The second kappa shape index (κ2) is 6.72. The van der Waals surface area contributed by atoms with Gasteiger partial charge in [-0.1, -0.05) is 50.1 Å². The summed E-state index contributed by atoms with van der Waals surface area (Å²) in [7, 11) is 0. The maximum Gasteiger partial charge on any atom is 0.0264 e. The highest BCUT2D eigenvalue weighted by molar-refractivity contribution is 5.17. The molecule has 0 spiro atoms. The van der Waals surface area contributed by atoms with E-state index in [4.69, 9.17) is 0 Å². The van der Waals surface area contributed by atoms with Crippen LogP contribution in [0.15, 0.2) is 30.3 Å². The SMILES string of the molecule is CC1CCCC(N2CC(C)(C)NCC2Cc2ccccc2)C1. The Morgan fingerprint density at radius 1 is 1.18 bits per heavy atom. The van der Waals surface area contributed by atoms with Crippen molar-refractivity contribution in [1.29, 1.82) is 0 Å². The van der Waals surface area contributed by atoms with Crippen LogP contribution in [0.3, 0.4) is 0 Å². The topological polar surface area (TPSA) is 15.3 Å². The molecule has 2 nitrogen and oxygen atoms in total. The summed E-state index contributed by atoms with van der Waals surface area (Å²) in [5.74, 6) is 0.897. The highest BCUT2D eigenvalue weighted by Crippen LogP contribution is 2.31. The van der Waals surface area contributed by atoms with E-state index in [-0.39, 0.29) is 5.54 Å². The van der Waals surface area contributed by atoms with E-state index in [1.54, 1.807) is 0 Å². The molecule has 0 radical (unpaired) electrons. The molecule has 22 heavy (non-hydrogen) atoms. The Hall–Kier alpha value is -0.860. The van der Waals surface area contributed by atoms with Crippen LogP contribution >= 0.6 is 0 Å². The fourth-order valence-electron chi connectivity index (χ4n) is 4.36. The maximum atomic E-state index is 3.77. The van der Waals surface area contributed by atoms with Crippen molar-refractivity contribution in [2.45, 2.75) is 70.5 Å². The van der Waals surface area contributed by atoms with E-state index < -0.39 is 0 Å². The van der Waals surface area contributed by atoms with Gasteiger partial charge in [0.15, 0.2) is 0 Å². The van der Waals surface area contributed by atoms with E-state index in [9.17, 15) is 0 Å². The summed E-state index contributed by atoms with van der Waals surface area (Å²) in [6.07, 6.45) is 6.80. The Labute approximate surface area is 136 Å². The van der Waals surface area contributed by atoms with Gasteiger partial charge in [0, 0.05) is 30.7 Å². The van der Waals surface area contributed by atoms with Crippen molar-refractivity contribution >= 4 is 0 Å². The van der Waals surface area contributed by atoms with Gasteiger partial charge in [-0.25, -0.2) is 0 Å². The molecule has 0 bridgehead atoms. The highest BCUT2D eigenvalue weighted by Gasteiger charge is 2.37. The van der Waals surface area contributed by atoms with Gasteiger partial charge in [-0.3, -0.25) is 4.90 Å². The Morgan fingerprint density at radius 2 is 1.95 bits per heavy atom. The lowest BCUT2D eigenvalue weighted by molar-refractivity contribution is 0.0296. The van der Waals surface area contributed by atoms with Gasteiger partial charge < -0.3 is 5.32 Å². The van der Waals surface area contributed by atoms with Crippen LogP contribution < -0.4 is 5.32 Å². The predicted molar refractivity (Wildman–Crippen MR) is 94.1 cm³/mol. The lowest BCUT2D eigenvalue weighted by Crippen LogP contribution is -2.64. The molecule has 2 heteroatoms. The maximum absolute atomic E-state index is 3.77. The van der Waals surface area contributed by atoms with Crippen LogP contribution in [0.2, 0.25) is 0 Å². The van der Waals surface area contributed by atoms with Gasteiger partial charge in [-0.2, -0.15) is 0 Å². The zero-order chi connectivity index (χ0) is 15.6. The minimum atomic E-state index is 0.244. The molecule has 3 rings (SSSR count). The van der Waals surface area contributed by atoms with Crippen LogP contribution in [-0.4, -0.2) is 35.6 Å². The minimum absolute atomic E-state index is 0.244. The molecule has 1 aliphatic heterocycles. The number of rotatable bonds is 3. The third kappa shape index (κ3) is 3.91. The summed E-state index contributed by atoms with van der Waals surface area (Å²) in [5.41, 5.74) is 1.72. The fraction of sp³-hybridized carbons (Fsp3) is 0.700. The monoisotopic (exact) mass is 300 g/mol. The van der Waals surface area contributed by atoms with Gasteiger partial charge in [-0.15, -0.1) is 0 Å². The largest absolute Gasteiger partial charge is 0.309 e. The van der Waals surface area contributed by atoms with Crippen LogP contribution in [0.4, 0.5) is 0 Å². The van der Waals surface area contributed by atoms with Gasteiger partial charge in [0.1, 0.15) is 0 Å². The molecular weight excluding hydrogens is 268 g/mol. The molecule has 2 aliphatic rings. The van der Waals surface area contributed by atoms with Crippen LogP contribution in [0, 0.1) is 5.92 Å². The number of hydrogen-bond acceptors (Lipinski definition) is 2. The van der Waals surface area contributed by atoms with E-state index in [0.717, 1.165) is 18.5 Å². The molecule has 0 amide bonds. The standard InChI is InChI=1S/C20H32N2/c1-16-8-7-11-18(12-16)22-15-20(2,3)21-14-19(22)13-17-9-5-4-6-10-17/h4-6,9-10,16,18-19,21H,7-8,11-15H2,1-3H3. The Bertz CT molecular complexity index is 468. The number of hydrogen-bond donors (Lipinski definition) is 1. The van der Waals surface area contributed by atoms with E-state index in [1.807, 2.05) is 0 Å². The summed E-state index contributed by atoms with van der Waals surface area (Å²) < 4.78 is 0. The second-order valence-electron chi connectivity index (χ2n) is 8.21. The highest BCUT2D eigenvalue weighted by atomic mass is 15.3. The first-order valence-electron chi connectivity index (χ1n) is 9.08. The smallest absolute Gasteiger partial charge is 0.0264 e.